The zero-order valence-corrected chi connectivity index (χ0v) is 10.5. The zero-order chi connectivity index (χ0) is 14.4. The molecule has 0 aliphatic rings. The first-order valence-corrected chi connectivity index (χ1v) is 5.87. The van der Waals surface area contributed by atoms with Crippen molar-refractivity contribution in [2.45, 2.75) is 6.54 Å². The Labute approximate surface area is 114 Å². The summed E-state index contributed by atoms with van der Waals surface area (Å²) in [5.74, 6) is -1.48. The number of hydrogen-bond donors (Lipinski definition) is 1. The number of carbonyl (C=O) groups excluding carboxylic acids is 2. The summed E-state index contributed by atoms with van der Waals surface area (Å²) in [7, 11) is 0. The lowest BCUT2D eigenvalue weighted by molar-refractivity contribution is -0.124. The van der Waals surface area contributed by atoms with Gasteiger partial charge in [-0.15, -0.1) is 0 Å². The van der Waals surface area contributed by atoms with Gasteiger partial charge in [0.05, 0.1) is 18.4 Å². The van der Waals surface area contributed by atoms with E-state index in [2.05, 4.69) is 5.32 Å². The van der Waals surface area contributed by atoms with Crippen molar-refractivity contribution in [3.8, 4) is 0 Å². The molecule has 0 aliphatic carbocycles. The smallest absolute Gasteiger partial charge is 0.341 e. The normalized spacial score (nSPS) is 10.1. The number of esters is 1. The third-order valence-corrected chi connectivity index (χ3v) is 2.47. The molecule has 0 aliphatic heterocycles. The molecule has 0 saturated heterocycles. The van der Waals surface area contributed by atoms with Gasteiger partial charge in [0.1, 0.15) is 11.6 Å². The first-order valence-electron chi connectivity index (χ1n) is 5.87. The molecule has 2 aromatic rings. The fourth-order valence-corrected chi connectivity index (χ4v) is 1.49. The standard InChI is InChI=1S/C14H12FNO4/c15-12-6-2-1-5-11(12)14(18)20-9-13(17)16-8-10-4-3-7-19-10/h1-7H,8-9H2,(H,16,17). The molecular formula is C14H12FNO4. The van der Waals surface area contributed by atoms with E-state index in [1.165, 1.54) is 24.5 Å². The van der Waals surface area contributed by atoms with Crippen LogP contribution >= 0.6 is 0 Å². The van der Waals surface area contributed by atoms with E-state index in [9.17, 15) is 14.0 Å². The summed E-state index contributed by atoms with van der Waals surface area (Å²) in [6, 6.07) is 8.80. The predicted octanol–water partition coefficient (Wildman–Crippen LogP) is 1.89. The van der Waals surface area contributed by atoms with Gasteiger partial charge in [-0.25, -0.2) is 9.18 Å². The van der Waals surface area contributed by atoms with Crippen LogP contribution in [0.4, 0.5) is 4.39 Å². The number of nitrogens with one attached hydrogen (secondary N) is 1. The number of halogens is 1. The maximum absolute atomic E-state index is 13.3. The number of amides is 1. The van der Waals surface area contributed by atoms with Gasteiger partial charge in [-0.1, -0.05) is 12.1 Å². The van der Waals surface area contributed by atoms with Crippen LogP contribution in [0, 0.1) is 5.82 Å². The number of ether oxygens (including phenoxy) is 1. The van der Waals surface area contributed by atoms with E-state index < -0.39 is 24.3 Å². The topological polar surface area (TPSA) is 68.5 Å². The van der Waals surface area contributed by atoms with E-state index in [-0.39, 0.29) is 12.1 Å². The lowest BCUT2D eigenvalue weighted by atomic mass is 10.2. The van der Waals surface area contributed by atoms with E-state index in [1.807, 2.05) is 0 Å². The van der Waals surface area contributed by atoms with Gasteiger partial charge in [0, 0.05) is 0 Å². The lowest BCUT2D eigenvalue weighted by Gasteiger charge is -2.06. The Bertz CT molecular complexity index is 595. The number of rotatable bonds is 5. The summed E-state index contributed by atoms with van der Waals surface area (Å²) in [4.78, 5) is 23.0. The third-order valence-electron chi connectivity index (χ3n) is 2.47. The molecule has 2 rings (SSSR count). The molecular weight excluding hydrogens is 265 g/mol. The van der Waals surface area contributed by atoms with Crippen molar-refractivity contribution in [3.63, 3.8) is 0 Å². The Kier molecular flexibility index (Phi) is 4.49. The Morgan fingerprint density at radius 1 is 1.20 bits per heavy atom. The molecule has 0 radical (unpaired) electrons. The third kappa shape index (κ3) is 3.68. The Balaban J connectivity index is 1.78. The van der Waals surface area contributed by atoms with Gasteiger partial charge in [-0.05, 0) is 24.3 Å². The Morgan fingerprint density at radius 2 is 2.00 bits per heavy atom. The van der Waals surface area contributed by atoms with E-state index >= 15 is 0 Å². The molecule has 0 spiro atoms. The molecule has 5 nitrogen and oxygen atoms in total. The summed E-state index contributed by atoms with van der Waals surface area (Å²) in [5.41, 5.74) is -0.202. The van der Waals surface area contributed by atoms with Crippen LogP contribution in [0.5, 0.6) is 0 Å². The lowest BCUT2D eigenvalue weighted by Crippen LogP contribution is -2.28. The van der Waals surface area contributed by atoms with E-state index in [0.29, 0.717) is 5.76 Å². The average molecular weight is 277 g/mol. The highest BCUT2D eigenvalue weighted by molar-refractivity contribution is 5.91. The van der Waals surface area contributed by atoms with Crippen molar-refractivity contribution < 1.29 is 23.1 Å². The van der Waals surface area contributed by atoms with Gasteiger partial charge in [0.15, 0.2) is 6.61 Å². The highest BCUT2D eigenvalue weighted by Crippen LogP contribution is 2.07. The second-order valence-electron chi connectivity index (χ2n) is 3.91. The molecule has 20 heavy (non-hydrogen) atoms. The van der Waals surface area contributed by atoms with Crippen molar-refractivity contribution in [1.29, 1.82) is 0 Å². The molecule has 0 unspecified atom stereocenters. The van der Waals surface area contributed by atoms with Crippen LogP contribution in [0.15, 0.2) is 47.1 Å². The number of hydrogen-bond acceptors (Lipinski definition) is 4. The van der Waals surface area contributed by atoms with E-state index in [4.69, 9.17) is 9.15 Å². The summed E-state index contributed by atoms with van der Waals surface area (Å²) < 4.78 is 23.0. The van der Waals surface area contributed by atoms with Crippen molar-refractivity contribution in [2.75, 3.05) is 6.61 Å². The van der Waals surface area contributed by atoms with Crippen LogP contribution in [0.25, 0.3) is 0 Å². The first kappa shape index (κ1) is 13.8. The van der Waals surface area contributed by atoms with Crippen LogP contribution < -0.4 is 5.32 Å². The van der Waals surface area contributed by atoms with Crippen LogP contribution in [-0.4, -0.2) is 18.5 Å². The van der Waals surface area contributed by atoms with Crippen molar-refractivity contribution >= 4 is 11.9 Å². The second kappa shape index (κ2) is 6.51. The number of furan rings is 1. The predicted molar refractivity (Wildman–Crippen MR) is 67.2 cm³/mol. The summed E-state index contributed by atoms with van der Waals surface area (Å²) in [5, 5.41) is 2.50. The molecule has 0 atom stereocenters. The summed E-state index contributed by atoms with van der Waals surface area (Å²) >= 11 is 0. The Hall–Kier alpha value is -2.63. The number of benzene rings is 1. The molecule has 1 amide bonds. The zero-order valence-electron chi connectivity index (χ0n) is 10.5. The molecule has 104 valence electrons. The first-order chi connectivity index (χ1) is 9.66. The van der Waals surface area contributed by atoms with E-state index in [0.717, 1.165) is 6.07 Å². The van der Waals surface area contributed by atoms with Gasteiger partial charge >= 0.3 is 5.97 Å². The molecule has 0 fully saturated rings. The molecule has 1 N–H and O–H groups in total. The molecule has 1 heterocycles. The maximum Gasteiger partial charge on any atom is 0.341 e. The largest absolute Gasteiger partial charge is 0.467 e. The van der Waals surface area contributed by atoms with Gasteiger partial charge in [-0.3, -0.25) is 4.79 Å². The van der Waals surface area contributed by atoms with Crippen molar-refractivity contribution in [1.82, 2.24) is 5.32 Å². The summed E-state index contributed by atoms with van der Waals surface area (Å²) in [6.07, 6.45) is 1.49. The van der Waals surface area contributed by atoms with Crippen molar-refractivity contribution in [3.05, 3.63) is 59.8 Å². The summed E-state index contributed by atoms with van der Waals surface area (Å²) in [6.45, 7) is -0.281. The van der Waals surface area contributed by atoms with Gasteiger partial charge < -0.3 is 14.5 Å². The minimum atomic E-state index is -0.878. The van der Waals surface area contributed by atoms with Gasteiger partial charge in [0.25, 0.3) is 5.91 Å². The van der Waals surface area contributed by atoms with Crippen LogP contribution in [0.3, 0.4) is 0 Å². The van der Waals surface area contributed by atoms with Gasteiger partial charge in [-0.2, -0.15) is 0 Å². The molecule has 1 aromatic heterocycles. The Morgan fingerprint density at radius 3 is 2.70 bits per heavy atom. The molecule has 0 saturated carbocycles. The second-order valence-corrected chi connectivity index (χ2v) is 3.91. The molecule has 1 aromatic carbocycles. The van der Waals surface area contributed by atoms with Gasteiger partial charge in [0.2, 0.25) is 0 Å². The van der Waals surface area contributed by atoms with Crippen LogP contribution in [-0.2, 0) is 16.1 Å². The van der Waals surface area contributed by atoms with E-state index in [1.54, 1.807) is 12.1 Å². The quantitative estimate of drug-likeness (QED) is 0.847. The van der Waals surface area contributed by atoms with Crippen LogP contribution in [0.1, 0.15) is 16.1 Å². The fourth-order valence-electron chi connectivity index (χ4n) is 1.49. The average Bonchev–Trinajstić information content (AvgIpc) is 2.96. The molecule has 0 bridgehead atoms. The van der Waals surface area contributed by atoms with Crippen LogP contribution in [0.2, 0.25) is 0 Å². The monoisotopic (exact) mass is 277 g/mol. The minimum Gasteiger partial charge on any atom is -0.467 e. The maximum atomic E-state index is 13.3. The minimum absolute atomic E-state index is 0.198. The SMILES string of the molecule is O=C(COC(=O)c1ccccc1F)NCc1ccco1. The van der Waals surface area contributed by atoms with Crippen molar-refractivity contribution in [2.24, 2.45) is 0 Å². The highest BCUT2D eigenvalue weighted by atomic mass is 19.1. The highest BCUT2D eigenvalue weighted by Gasteiger charge is 2.14. The fraction of sp³-hybridized carbons (Fsp3) is 0.143. The molecule has 6 heteroatoms. The number of carbonyl (C=O) groups is 2.